The van der Waals surface area contributed by atoms with Crippen molar-refractivity contribution >= 4 is 12.1 Å². The van der Waals surface area contributed by atoms with Crippen molar-refractivity contribution in [3.63, 3.8) is 0 Å². The van der Waals surface area contributed by atoms with Crippen molar-refractivity contribution in [1.29, 1.82) is 0 Å². The van der Waals surface area contributed by atoms with Crippen LogP contribution >= 0.6 is 0 Å². The highest BCUT2D eigenvalue weighted by Gasteiger charge is 2.29. The van der Waals surface area contributed by atoms with Crippen LogP contribution in [0, 0.1) is 0 Å². The van der Waals surface area contributed by atoms with Crippen LogP contribution in [0.15, 0.2) is 53.6 Å². The Balaban J connectivity index is 1.52. The molecule has 0 aliphatic carbocycles. The quantitative estimate of drug-likeness (QED) is 0.496. The van der Waals surface area contributed by atoms with E-state index in [1.54, 1.807) is 30.5 Å². The van der Waals surface area contributed by atoms with Gasteiger partial charge in [0.2, 0.25) is 0 Å². The van der Waals surface area contributed by atoms with Crippen LogP contribution in [0.2, 0.25) is 0 Å². The summed E-state index contributed by atoms with van der Waals surface area (Å²) in [6, 6.07) is 14.8. The van der Waals surface area contributed by atoms with Crippen molar-refractivity contribution in [2.75, 3.05) is 0 Å². The number of hydrazone groups is 1. The highest BCUT2D eigenvalue weighted by molar-refractivity contribution is 5.85. The Morgan fingerprint density at radius 2 is 1.92 bits per heavy atom. The molecule has 1 fully saturated rings. The fourth-order valence-corrected chi connectivity index (χ4v) is 2.74. The second-order valence-corrected chi connectivity index (χ2v) is 6.05. The topological polar surface area (TPSA) is 85.8 Å². The molecule has 0 aromatic heterocycles. The third-order valence-corrected chi connectivity index (χ3v) is 4.29. The lowest BCUT2D eigenvalue weighted by Gasteiger charge is -2.10. The second kappa shape index (κ2) is 7.92. The van der Waals surface area contributed by atoms with Gasteiger partial charge in [0, 0.05) is 6.04 Å². The largest absolute Gasteiger partial charge is 0.508 e. The number of phenols is 1. The van der Waals surface area contributed by atoms with Crippen molar-refractivity contribution in [2.45, 2.75) is 31.8 Å². The first-order chi connectivity index (χ1) is 12.2. The fraction of sp³-hybridized carbons (Fsp3) is 0.263. The normalized spacial score (nSPS) is 20.0. The molecule has 6 nitrogen and oxygen atoms in total. The fourth-order valence-electron chi connectivity index (χ4n) is 2.74. The molecule has 4 N–H and O–H groups in total. The number of nitrogens with zero attached hydrogens (tertiary/aromatic N) is 1. The number of phenolic OH excluding ortho intramolecular Hbond substituents is 1. The van der Waals surface area contributed by atoms with Crippen LogP contribution in [0.25, 0.3) is 0 Å². The number of aromatic hydroxyl groups is 1. The molecule has 1 aliphatic heterocycles. The Morgan fingerprint density at radius 3 is 2.60 bits per heavy atom. The number of hydrazine groups is 1. The van der Waals surface area contributed by atoms with Gasteiger partial charge in [0.1, 0.15) is 11.8 Å². The maximum absolute atomic E-state index is 12.2. The van der Waals surface area contributed by atoms with Gasteiger partial charge in [-0.1, -0.05) is 31.2 Å². The summed E-state index contributed by atoms with van der Waals surface area (Å²) >= 11 is 0. The molecule has 1 heterocycles. The van der Waals surface area contributed by atoms with Crippen LogP contribution in [-0.4, -0.2) is 23.3 Å². The molecule has 3 rings (SSSR count). The molecule has 2 aromatic carbocycles. The van der Waals surface area contributed by atoms with Gasteiger partial charge >= 0.3 is 0 Å². The van der Waals surface area contributed by atoms with E-state index in [9.17, 15) is 9.90 Å². The van der Waals surface area contributed by atoms with E-state index in [1.165, 1.54) is 5.56 Å². The molecule has 0 bridgehead atoms. The van der Waals surface area contributed by atoms with Crippen molar-refractivity contribution in [2.24, 2.45) is 5.10 Å². The minimum atomic E-state index is -0.340. The van der Waals surface area contributed by atoms with Gasteiger partial charge in [-0.2, -0.15) is 5.10 Å². The van der Waals surface area contributed by atoms with Gasteiger partial charge in [0.05, 0.1) is 6.21 Å². The van der Waals surface area contributed by atoms with Crippen LogP contribution < -0.4 is 16.3 Å². The molecule has 130 valence electrons. The first-order valence-corrected chi connectivity index (χ1v) is 8.37. The van der Waals surface area contributed by atoms with Crippen molar-refractivity contribution in [1.82, 2.24) is 16.3 Å². The molecule has 1 aliphatic rings. The molecule has 0 spiro atoms. The molecule has 25 heavy (non-hydrogen) atoms. The van der Waals surface area contributed by atoms with Gasteiger partial charge in [-0.25, -0.2) is 16.3 Å². The number of carbonyl (C=O) groups excluding carboxylic acids is 1. The molecule has 2 aromatic rings. The van der Waals surface area contributed by atoms with Gasteiger partial charge in [0.25, 0.3) is 5.91 Å². The van der Waals surface area contributed by atoms with Crippen LogP contribution in [0.3, 0.4) is 0 Å². The molecule has 1 saturated heterocycles. The zero-order valence-corrected chi connectivity index (χ0v) is 14.1. The lowest BCUT2D eigenvalue weighted by atomic mass is 10.00. The molecule has 1 amide bonds. The summed E-state index contributed by atoms with van der Waals surface area (Å²) in [5.74, 6) is 0.00985. The number of hydrogen-bond donors (Lipinski definition) is 4. The van der Waals surface area contributed by atoms with E-state index < -0.39 is 0 Å². The number of nitrogens with one attached hydrogen (secondary N) is 3. The van der Waals surface area contributed by atoms with Gasteiger partial charge in [-0.3, -0.25) is 4.79 Å². The van der Waals surface area contributed by atoms with Crippen LogP contribution in [0.4, 0.5) is 0 Å². The molecule has 0 radical (unpaired) electrons. The predicted molar refractivity (Wildman–Crippen MR) is 97.1 cm³/mol. The third-order valence-electron chi connectivity index (χ3n) is 4.29. The molecule has 2 unspecified atom stereocenters. The first kappa shape index (κ1) is 17.1. The van der Waals surface area contributed by atoms with Crippen LogP contribution in [0.5, 0.6) is 5.75 Å². The number of benzene rings is 2. The van der Waals surface area contributed by atoms with Crippen molar-refractivity contribution in [3.8, 4) is 5.75 Å². The maximum Gasteiger partial charge on any atom is 0.258 e. The third kappa shape index (κ3) is 4.43. The SMILES string of the molecule is CCc1ccc(C2CC(C(=O)N/N=C\c3ccc(O)cc3)NN2)cc1. The summed E-state index contributed by atoms with van der Waals surface area (Å²) in [6.07, 6.45) is 3.22. The number of amides is 1. The minimum absolute atomic E-state index is 0.0998. The zero-order chi connectivity index (χ0) is 17.6. The molecular formula is C19H22N4O2. The van der Waals surface area contributed by atoms with Crippen LogP contribution in [-0.2, 0) is 11.2 Å². The molecule has 2 atom stereocenters. The zero-order valence-electron chi connectivity index (χ0n) is 14.1. The Morgan fingerprint density at radius 1 is 1.20 bits per heavy atom. The Bertz CT molecular complexity index is 741. The van der Waals surface area contributed by atoms with Gasteiger partial charge < -0.3 is 5.11 Å². The number of aryl methyl sites for hydroxylation is 1. The Labute approximate surface area is 146 Å². The average Bonchev–Trinajstić information content (AvgIpc) is 3.13. The standard InChI is InChI=1S/C19H22N4O2/c1-2-13-3-7-15(8-4-13)17-11-18(22-21-17)19(25)23-20-12-14-5-9-16(24)10-6-14/h3-10,12,17-18,21-22,24H,2,11H2,1H3,(H,23,25)/b20-12-. The summed E-state index contributed by atoms with van der Waals surface area (Å²) in [4.78, 5) is 12.2. The van der Waals surface area contributed by atoms with Gasteiger partial charge in [0.15, 0.2) is 0 Å². The monoisotopic (exact) mass is 338 g/mol. The number of carbonyl (C=O) groups is 1. The average molecular weight is 338 g/mol. The highest BCUT2D eigenvalue weighted by atomic mass is 16.3. The number of rotatable bonds is 5. The van der Waals surface area contributed by atoms with E-state index in [2.05, 4.69) is 52.6 Å². The summed E-state index contributed by atoms with van der Waals surface area (Å²) in [6.45, 7) is 2.13. The smallest absolute Gasteiger partial charge is 0.258 e. The summed E-state index contributed by atoms with van der Waals surface area (Å²) in [5.41, 5.74) is 12.0. The van der Waals surface area contributed by atoms with E-state index in [0.29, 0.717) is 6.42 Å². The van der Waals surface area contributed by atoms with E-state index >= 15 is 0 Å². The first-order valence-electron chi connectivity index (χ1n) is 8.37. The lowest BCUT2D eigenvalue weighted by Crippen LogP contribution is -2.41. The van der Waals surface area contributed by atoms with Gasteiger partial charge in [-0.15, -0.1) is 0 Å². The summed E-state index contributed by atoms with van der Waals surface area (Å²) in [7, 11) is 0. The molecule has 6 heteroatoms. The summed E-state index contributed by atoms with van der Waals surface area (Å²) in [5, 5.41) is 13.2. The van der Waals surface area contributed by atoms with Crippen molar-refractivity contribution in [3.05, 3.63) is 65.2 Å². The van der Waals surface area contributed by atoms with E-state index in [0.717, 1.165) is 17.5 Å². The molecular weight excluding hydrogens is 316 g/mol. The summed E-state index contributed by atoms with van der Waals surface area (Å²) < 4.78 is 0. The van der Waals surface area contributed by atoms with E-state index in [1.807, 2.05) is 0 Å². The highest BCUT2D eigenvalue weighted by Crippen LogP contribution is 2.22. The lowest BCUT2D eigenvalue weighted by molar-refractivity contribution is -0.122. The minimum Gasteiger partial charge on any atom is -0.508 e. The van der Waals surface area contributed by atoms with E-state index in [-0.39, 0.29) is 23.7 Å². The van der Waals surface area contributed by atoms with Gasteiger partial charge in [-0.05, 0) is 53.8 Å². The predicted octanol–water partition coefficient (Wildman–Crippen LogP) is 2.01. The Hall–Kier alpha value is -2.70. The second-order valence-electron chi connectivity index (χ2n) is 6.05. The Kier molecular flexibility index (Phi) is 5.42. The number of hydrogen-bond acceptors (Lipinski definition) is 5. The van der Waals surface area contributed by atoms with Crippen molar-refractivity contribution < 1.29 is 9.90 Å². The van der Waals surface area contributed by atoms with E-state index in [4.69, 9.17) is 0 Å². The molecule has 0 saturated carbocycles. The maximum atomic E-state index is 12.2. The van der Waals surface area contributed by atoms with Crippen LogP contribution in [0.1, 0.15) is 36.1 Å².